The zero-order chi connectivity index (χ0) is 15.6. The Bertz CT molecular complexity index is 598. The van der Waals surface area contributed by atoms with Gasteiger partial charge in [-0.2, -0.15) is 0 Å². The Balaban J connectivity index is 0.00000242. The van der Waals surface area contributed by atoms with Crippen LogP contribution >= 0.6 is 24.0 Å². The second kappa shape index (κ2) is 7.97. The average Bonchev–Trinajstić information content (AvgIpc) is 2.41. The highest BCUT2D eigenvalue weighted by Crippen LogP contribution is 2.27. The lowest BCUT2D eigenvalue weighted by Crippen LogP contribution is -2.40. The second-order valence-electron chi connectivity index (χ2n) is 6.08. The summed E-state index contributed by atoms with van der Waals surface area (Å²) in [4.78, 5) is 0.172. The third-order valence-corrected chi connectivity index (χ3v) is 6.01. The number of hydrogen-bond donors (Lipinski definition) is 2. The molecule has 0 amide bonds. The monoisotopic (exact) mass is 366 g/mol. The van der Waals surface area contributed by atoms with E-state index >= 15 is 0 Å². The van der Waals surface area contributed by atoms with Crippen LogP contribution in [0.1, 0.15) is 51.0 Å². The summed E-state index contributed by atoms with van der Waals surface area (Å²) < 4.78 is 27.9. The van der Waals surface area contributed by atoms with Gasteiger partial charge >= 0.3 is 0 Å². The fourth-order valence-corrected chi connectivity index (χ4v) is 4.44. The number of benzene rings is 1. The normalized spacial score (nSPS) is 22.4. The highest BCUT2D eigenvalue weighted by molar-refractivity contribution is 7.89. The Labute approximate surface area is 144 Å². The summed E-state index contributed by atoms with van der Waals surface area (Å²) in [5, 5.41) is 0.263. The van der Waals surface area contributed by atoms with Crippen LogP contribution in [0.15, 0.2) is 23.1 Å². The number of nitrogens with one attached hydrogen (secondary N) is 1. The van der Waals surface area contributed by atoms with Gasteiger partial charge < -0.3 is 5.73 Å². The smallest absolute Gasteiger partial charge is 0.242 e. The van der Waals surface area contributed by atoms with Crippen molar-refractivity contribution in [1.29, 1.82) is 0 Å². The van der Waals surface area contributed by atoms with Gasteiger partial charge in [-0.15, -0.1) is 12.4 Å². The quantitative estimate of drug-likeness (QED) is 0.856. The summed E-state index contributed by atoms with van der Waals surface area (Å²) in [6, 6.07) is 5.34. The van der Waals surface area contributed by atoms with Crippen molar-refractivity contribution in [2.24, 2.45) is 5.73 Å². The average molecular weight is 367 g/mol. The van der Waals surface area contributed by atoms with Crippen molar-refractivity contribution in [2.75, 3.05) is 0 Å². The number of halogens is 2. The van der Waals surface area contributed by atoms with Crippen LogP contribution in [0.4, 0.5) is 0 Å². The molecule has 2 rings (SSSR count). The van der Waals surface area contributed by atoms with E-state index in [0.29, 0.717) is 0 Å². The van der Waals surface area contributed by atoms with E-state index in [1.807, 2.05) is 19.9 Å². The third kappa shape index (κ3) is 4.83. The molecular weight excluding hydrogens is 343 g/mol. The standard InChI is InChI=1S/C15H23ClN2O2S.ClH/c1-10(2)11-3-8-14(16)15(9-11)21(19,20)18-13-6-4-12(17)5-7-13;/h3,8-10,12-13,18H,4-7,17H2,1-2H3;1H. The summed E-state index contributed by atoms with van der Waals surface area (Å²) in [5.74, 6) is 0.254. The summed E-state index contributed by atoms with van der Waals surface area (Å²) in [6.45, 7) is 4.05. The van der Waals surface area contributed by atoms with Crippen LogP contribution in [0, 0.1) is 0 Å². The first kappa shape index (κ1) is 19.7. The number of hydrogen-bond acceptors (Lipinski definition) is 3. The van der Waals surface area contributed by atoms with E-state index in [9.17, 15) is 8.42 Å². The molecular formula is C15H24Cl2N2O2S. The fourth-order valence-electron chi connectivity index (χ4n) is 2.60. The Morgan fingerprint density at radius 2 is 1.82 bits per heavy atom. The van der Waals surface area contributed by atoms with Crippen molar-refractivity contribution in [1.82, 2.24) is 4.72 Å². The van der Waals surface area contributed by atoms with Gasteiger partial charge in [0.15, 0.2) is 0 Å². The molecule has 0 aliphatic heterocycles. The van der Waals surface area contributed by atoms with Gasteiger partial charge in [-0.3, -0.25) is 0 Å². The summed E-state index contributed by atoms with van der Waals surface area (Å²) in [5.41, 5.74) is 6.81. The van der Waals surface area contributed by atoms with Crippen molar-refractivity contribution in [3.63, 3.8) is 0 Å². The maximum absolute atomic E-state index is 12.6. The fraction of sp³-hybridized carbons (Fsp3) is 0.600. The minimum Gasteiger partial charge on any atom is -0.328 e. The van der Waals surface area contributed by atoms with E-state index in [1.54, 1.807) is 12.1 Å². The zero-order valence-electron chi connectivity index (χ0n) is 12.9. The highest BCUT2D eigenvalue weighted by Gasteiger charge is 2.26. The number of nitrogens with two attached hydrogens (primary N) is 1. The molecule has 3 N–H and O–H groups in total. The molecule has 1 aromatic rings. The molecule has 0 spiro atoms. The highest BCUT2D eigenvalue weighted by atomic mass is 35.5. The maximum atomic E-state index is 12.6. The molecule has 0 atom stereocenters. The lowest BCUT2D eigenvalue weighted by molar-refractivity contribution is 0.373. The largest absolute Gasteiger partial charge is 0.328 e. The molecule has 1 aromatic carbocycles. The molecule has 22 heavy (non-hydrogen) atoms. The van der Waals surface area contributed by atoms with Gasteiger partial charge in [-0.05, 0) is 49.3 Å². The molecule has 1 saturated carbocycles. The lowest BCUT2D eigenvalue weighted by Gasteiger charge is -2.26. The van der Waals surface area contributed by atoms with Crippen LogP contribution in [0.3, 0.4) is 0 Å². The molecule has 126 valence electrons. The van der Waals surface area contributed by atoms with Gasteiger partial charge in [-0.25, -0.2) is 13.1 Å². The number of sulfonamides is 1. The second-order valence-corrected chi connectivity index (χ2v) is 8.17. The van der Waals surface area contributed by atoms with Gasteiger partial charge in [0.05, 0.1) is 5.02 Å². The first-order valence-electron chi connectivity index (χ1n) is 7.37. The molecule has 0 unspecified atom stereocenters. The van der Waals surface area contributed by atoms with Crippen molar-refractivity contribution in [3.8, 4) is 0 Å². The first-order chi connectivity index (χ1) is 9.79. The Morgan fingerprint density at radius 3 is 2.36 bits per heavy atom. The summed E-state index contributed by atoms with van der Waals surface area (Å²) in [7, 11) is -3.59. The van der Waals surface area contributed by atoms with Gasteiger partial charge in [0.25, 0.3) is 0 Å². The Hall–Kier alpha value is -0.330. The molecule has 0 bridgehead atoms. The first-order valence-corrected chi connectivity index (χ1v) is 9.23. The zero-order valence-corrected chi connectivity index (χ0v) is 15.3. The van der Waals surface area contributed by atoms with E-state index in [2.05, 4.69) is 4.72 Å². The minimum atomic E-state index is -3.59. The molecule has 0 radical (unpaired) electrons. The molecule has 4 nitrogen and oxygen atoms in total. The SMILES string of the molecule is CC(C)c1ccc(Cl)c(S(=O)(=O)NC2CCC(N)CC2)c1.Cl. The van der Waals surface area contributed by atoms with Gasteiger partial charge in [0.1, 0.15) is 4.90 Å². The third-order valence-electron chi connectivity index (χ3n) is 4.01. The Kier molecular flexibility index (Phi) is 7.15. The van der Waals surface area contributed by atoms with E-state index in [-0.39, 0.29) is 40.3 Å². The van der Waals surface area contributed by atoms with Crippen molar-refractivity contribution in [3.05, 3.63) is 28.8 Å². The molecule has 7 heteroatoms. The lowest BCUT2D eigenvalue weighted by atomic mass is 9.93. The maximum Gasteiger partial charge on any atom is 0.242 e. The minimum absolute atomic E-state index is 0. The molecule has 0 heterocycles. The Morgan fingerprint density at radius 1 is 1.23 bits per heavy atom. The predicted molar refractivity (Wildman–Crippen MR) is 93.3 cm³/mol. The van der Waals surface area contributed by atoms with Gasteiger partial charge in [0, 0.05) is 12.1 Å². The van der Waals surface area contributed by atoms with E-state index in [1.165, 1.54) is 0 Å². The summed E-state index contributed by atoms with van der Waals surface area (Å²) in [6.07, 6.45) is 3.27. The summed E-state index contributed by atoms with van der Waals surface area (Å²) >= 11 is 6.09. The van der Waals surface area contributed by atoms with Gasteiger partial charge in [-0.1, -0.05) is 31.5 Å². The van der Waals surface area contributed by atoms with Crippen molar-refractivity contribution in [2.45, 2.75) is 62.4 Å². The predicted octanol–water partition coefficient (Wildman–Crippen LogP) is 3.43. The molecule has 1 aliphatic rings. The van der Waals surface area contributed by atoms with E-state index in [0.717, 1.165) is 31.2 Å². The molecule has 0 saturated heterocycles. The molecule has 1 aliphatic carbocycles. The van der Waals surface area contributed by atoms with Crippen LogP contribution in [0.2, 0.25) is 5.02 Å². The van der Waals surface area contributed by atoms with Crippen LogP contribution < -0.4 is 10.5 Å². The van der Waals surface area contributed by atoms with Crippen LogP contribution in [-0.4, -0.2) is 20.5 Å². The van der Waals surface area contributed by atoms with Crippen molar-refractivity contribution < 1.29 is 8.42 Å². The topological polar surface area (TPSA) is 72.2 Å². The van der Waals surface area contributed by atoms with Crippen LogP contribution in [-0.2, 0) is 10.0 Å². The molecule has 0 aromatic heterocycles. The van der Waals surface area contributed by atoms with Crippen LogP contribution in [0.25, 0.3) is 0 Å². The van der Waals surface area contributed by atoms with E-state index < -0.39 is 10.0 Å². The van der Waals surface area contributed by atoms with Gasteiger partial charge in [0.2, 0.25) is 10.0 Å². The number of rotatable bonds is 4. The van der Waals surface area contributed by atoms with Crippen LogP contribution in [0.5, 0.6) is 0 Å². The van der Waals surface area contributed by atoms with Crippen molar-refractivity contribution >= 4 is 34.0 Å². The molecule has 1 fully saturated rings. The van der Waals surface area contributed by atoms with E-state index in [4.69, 9.17) is 17.3 Å².